The van der Waals surface area contributed by atoms with Crippen LogP contribution in [-0.4, -0.2) is 28.4 Å². The number of aryl methyl sites for hydroxylation is 2. The summed E-state index contributed by atoms with van der Waals surface area (Å²) in [6.07, 6.45) is 2.60. The fraction of sp³-hybridized carbons (Fsp3) is 0.529. The molecule has 1 aliphatic rings. The molecule has 1 aliphatic heterocycles. The standard InChI is InChI=1S/C17H23N3O3S/c1-11-8-14(15-10-24-13(3)18-15)12(2)20(11)9-16(21)19-23-17-6-4-5-7-22-17/h8,10,17H,4-7,9H2,1-3H3,(H,19,21)/t17-/m0/s1. The van der Waals surface area contributed by atoms with E-state index in [0.29, 0.717) is 6.61 Å². The maximum absolute atomic E-state index is 12.2. The summed E-state index contributed by atoms with van der Waals surface area (Å²) in [7, 11) is 0. The maximum Gasteiger partial charge on any atom is 0.263 e. The number of nitrogens with zero attached hydrogens (tertiary/aromatic N) is 2. The lowest BCUT2D eigenvalue weighted by Gasteiger charge is -2.22. The lowest BCUT2D eigenvalue weighted by molar-refractivity contribution is -0.200. The Bertz CT molecular complexity index is 717. The second-order valence-electron chi connectivity index (χ2n) is 6.06. The highest BCUT2D eigenvalue weighted by atomic mass is 32.1. The minimum absolute atomic E-state index is 0.188. The molecule has 1 atom stereocenters. The highest BCUT2D eigenvalue weighted by Crippen LogP contribution is 2.27. The number of nitrogens with one attached hydrogen (secondary N) is 1. The molecule has 0 aliphatic carbocycles. The fourth-order valence-electron chi connectivity index (χ4n) is 2.90. The van der Waals surface area contributed by atoms with Crippen molar-refractivity contribution in [1.82, 2.24) is 15.0 Å². The van der Waals surface area contributed by atoms with Crippen LogP contribution >= 0.6 is 11.3 Å². The van der Waals surface area contributed by atoms with Gasteiger partial charge in [0.2, 0.25) is 0 Å². The minimum Gasteiger partial charge on any atom is -0.350 e. The topological polar surface area (TPSA) is 65.4 Å². The van der Waals surface area contributed by atoms with E-state index in [0.717, 1.165) is 46.9 Å². The van der Waals surface area contributed by atoms with Crippen LogP contribution < -0.4 is 5.48 Å². The molecule has 130 valence electrons. The van der Waals surface area contributed by atoms with Crippen LogP contribution in [-0.2, 0) is 20.9 Å². The number of hydrogen-bond donors (Lipinski definition) is 1. The number of carbonyl (C=O) groups excluding carboxylic acids is 1. The minimum atomic E-state index is -0.330. The molecule has 1 N–H and O–H groups in total. The van der Waals surface area contributed by atoms with Crippen LogP contribution in [0.2, 0.25) is 0 Å². The van der Waals surface area contributed by atoms with E-state index in [1.165, 1.54) is 0 Å². The summed E-state index contributed by atoms with van der Waals surface area (Å²) in [5, 5.41) is 3.08. The van der Waals surface area contributed by atoms with Crippen LogP contribution in [0.4, 0.5) is 0 Å². The van der Waals surface area contributed by atoms with Gasteiger partial charge in [-0.15, -0.1) is 11.3 Å². The summed E-state index contributed by atoms with van der Waals surface area (Å²) < 4.78 is 7.42. The predicted molar refractivity (Wildman–Crippen MR) is 92.6 cm³/mol. The molecule has 2 aromatic rings. The predicted octanol–water partition coefficient (Wildman–Crippen LogP) is 3.11. The zero-order valence-corrected chi connectivity index (χ0v) is 15.1. The van der Waals surface area contributed by atoms with Crippen LogP contribution in [0.25, 0.3) is 11.3 Å². The van der Waals surface area contributed by atoms with Crippen molar-refractivity contribution in [3.8, 4) is 11.3 Å². The average Bonchev–Trinajstić information content (AvgIpc) is 3.12. The third-order valence-electron chi connectivity index (χ3n) is 4.21. The first-order chi connectivity index (χ1) is 11.5. The monoisotopic (exact) mass is 349 g/mol. The summed E-state index contributed by atoms with van der Waals surface area (Å²) in [6.45, 7) is 6.90. The molecule has 6 nitrogen and oxygen atoms in total. The van der Waals surface area contributed by atoms with Crippen molar-refractivity contribution in [2.24, 2.45) is 0 Å². The molecule has 0 radical (unpaired) electrons. The SMILES string of the molecule is Cc1nc(-c2cc(C)n(CC(=O)NO[C@H]3CCCCO3)c2C)cs1. The van der Waals surface area contributed by atoms with Gasteiger partial charge in [0.15, 0.2) is 6.29 Å². The molecular formula is C17H23N3O3S. The van der Waals surface area contributed by atoms with Crippen molar-refractivity contribution in [2.45, 2.75) is 52.9 Å². The number of ether oxygens (including phenoxy) is 1. The second-order valence-corrected chi connectivity index (χ2v) is 7.12. The summed E-state index contributed by atoms with van der Waals surface area (Å²) in [4.78, 5) is 22.1. The molecule has 24 heavy (non-hydrogen) atoms. The first kappa shape index (κ1) is 17.1. The highest BCUT2D eigenvalue weighted by molar-refractivity contribution is 7.09. The van der Waals surface area contributed by atoms with Gasteiger partial charge in [0, 0.05) is 35.4 Å². The molecule has 1 saturated heterocycles. The Morgan fingerprint density at radius 1 is 1.46 bits per heavy atom. The largest absolute Gasteiger partial charge is 0.350 e. The molecular weight excluding hydrogens is 326 g/mol. The molecule has 0 bridgehead atoms. The fourth-order valence-corrected chi connectivity index (χ4v) is 3.52. The highest BCUT2D eigenvalue weighted by Gasteiger charge is 2.18. The Morgan fingerprint density at radius 2 is 2.29 bits per heavy atom. The van der Waals surface area contributed by atoms with Gasteiger partial charge in [-0.05, 0) is 39.7 Å². The molecule has 7 heteroatoms. The zero-order chi connectivity index (χ0) is 17.1. The third-order valence-corrected chi connectivity index (χ3v) is 4.99. The van der Waals surface area contributed by atoms with Gasteiger partial charge in [-0.3, -0.25) is 4.79 Å². The van der Waals surface area contributed by atoms with Crippen molar-refractivity contribution in [2.75, 3.05) is 6.61 Å². The van der Waals surface area contributed by atoms with Crippen molar-refractivity contribution in [3.63, 3.8) is 0 Å². The molecule has 2 aromatic heterocycles. The Balaban J connectivity index is 1.64. The number of hydroxylamine groups is 1. The Morgan fingerprint density at radius 3 is 2.96 bits per heavy atom. The van der Waals surface area contributed by atoms with E-state index in [2.05, 4.69) is 16.5 Å². The van der Waals surface area contributed by atoms with Crippen LogP contribution in [0, 0.1) is 20.8 Å². The van der Waals surface area contributed by atoms with E-state index in [-0.39, 0.29) is 18.7 Å². The van der Waals surface area contributed by atoms with Gasteiger partial charge in [0.05, 0.1) is 10.7 Å². The second kappa shape index (κ2) is 7.46. The summed E-state index contributed by atoms with van der Waals surface area (Å²) >= 11 is 1.63. The number of carbonyl (C=O) groups is 1. The Labute approximate surface area is 145 Å². The molecule has 0 saturated carbocycles. The van der Waals surface area contributed by atoms with E-state index in [1.807, 2.05) is 30.7 Å². The van der Waals surface area contributed by atoms with E-state index in [1.54, 1.807) is 11.3 Å². The van der Waals surface area contributed by atoms with Crippen molar-refractivity contribution >= 4 is 17.2 Å². The normalized spacial score (nSPS) is 17.9. The van der Waals surface area contributed by atoms with Gasteiger partial charge in [-0.2, -0.15) is 0 Å². The summed E-state index contributed by atoms with van der Waals surface area (Å²) in [6, 6.07) is 2.07. The summed E-state index contributed by atoms with van der Waals surface area (Å²) in [5.41, 5.74) is 6.60. The van der Waals surface area contributed by atoms with Gasteiger partial charge in [0.25, 0.3) is 5.91 Å². The zero-order valence-electron chi connectivity index (χ0n) is 14.3. The number of rotatable bonds is 5. The third kappa shape index (κ3) is 3.85. The lowest BCUT2D eigenvalue weighted by Crippen LogP contribution is -2.35. The molecule has 3 rings (SSSR count). The number of thiazole rings is 1. The molecule has 1 fully saturated rings. The van der Waals surface area contributed by atoms with Crippen molar-refractivity contribution < 1.29 is 14.4 Å². The van der Waals surface area contributed by atoms with Gasteiger partial charge in [-0.25, -0.2) is 15.3 Å². The van der Waals surface area contributed by atoms with E-state index in [4.69, 9.17) is 9.57 Å². The first-order valence-electron chi connectivity index (χ1n) is 8.20. The van der Waals surface area contributed by atoms with Gasteiger partial charge in [-0.1, -0.05) is 0 Å². The maximum atomic E-state index is 12.2. The molecule has 1 amide bonds. The first-order valence-corrected chi connectivity index (χ1v) is 9.08. The molecule has 0 aromatic carbocycles. The Hall–Kier alpha value is -1.70. The van der Waals surface area contributed by atoms with Crippen LogP contribution in [0.5, 0.6) is 0 Å². The average molecular weight is 349 g/mol. The molecule has 3 heterocycles. The van der Waals surface area contributed by atoms with Crippen LogP contribution in [0.15, 0.2) is 11.4 Å². The molecule has 0 spiro atoms. The van der Waals surface area contributed by atoms with Crippen molar-refractivity contribution in [1.29, 1.82) is 0 Å². The number of aromatic nitrogens is 2. The van der Waals surface area contributed by atoms with Crippen LogP contribution in [0.3, 0.4) is 0 Å². The van der Waals surface area contributed by atoms with E-state index in [9.17, 15) is 4.79 Å². The Kier molecular flexibility index (Phi) is 5.33. The number of hydrogen-bond acceptors (Lipinski definition) is 5. The van der Waals surface area contributed by atoms with Gasteiger partial charge < -0.3 is 9.30 Å². The summed E-state index contributed by atoms with van der Waals surface area (Å²) in [5.74, 6) is -0.188. The quantitative estimate of drug-likeness (QED) is 0.843. The number of amides is 1. The van der Waals surface area contributed by atoms with Crippen molar-refractivity contribution in [3.05, 3.63) is 27.8 Å². The van der Waals surface area contributed by atoms with Gasteiger partial charge >= 0.3 is 0 Å². The van der Waals surface area contributed by atoms with Gasteiger partial charge in [0.1, 0.15) is 6.54 Å². The lowest BCUT2D eigenvalue weighted by atomic mass is 10.2. The van der Waals surface area contributed by atoms with E-state index >= 15 is 0 Å². The molecule has 0 unspecified atom stereocenters. The smallest absolute Gasteiger partial charge is 0.263 e. The van der Waals surface area contributed by atoms with E-state index < -0.39 is 0 Å². The van der Waals surface area contributed by atoms with Crippen LogP contribution in [0.1, 0.15) is 35.7 Å².